The Balaban J connectivity index is 1.35. The van der Waals surface area contributed by atoms with Crippen LogP contribution in [0.2, 0.25) is 0 Å². The number of carbonyl (C=O) groups excluding carboxylic acids is 1. The summed E-state index contributed by atoms with van der Waals surface area (Å²) in [7, 11) is 1.70. The lowest BCUT2D eigenvalue weighted by molar-refractivity contribution is -0.114. The monoisotopic (exact) mass is 383 g/mol. The third kappa shape index (κ3) is 5.89. The van der Waals surface area contributed by atoms with Gasteiger partial charge in [0.05, 0.1) is 13.7 Å². The lowest BCUT2D eigenvalue weighted by Crippen LogP contribution is -2.46. The SMILES string of the molecule is COc1cccc(N2CCN(CCCOc3ccc(NC(C)=O)cc3)CC2)c1. The van der Waals surface area contributed by atoms with Gasteiger partial charge in [0, 0.05) is 57.1 Å². The van der Waals surface area contributed by atoms with Crippen LogP contribution >= 0.6 is 0 Å². The van der Waals surface area contributed by atoms with Gasteiger partial charge in [-0.05, 0) is 42.8 Å². The second-order valence-corrected chi connectivity index (χ2v) is 6.94. The molecule has 1 saturated heterocycles. The smallest absolute Gasteiger partial charge is 0.221 e. The minimum atomic E-state index is -0.0693. The molecule has 0 unspecified atom stereocenters. The Kier molecular flexibility index (Phi) is 7.14. The zero-order chi connectivity index (χ0) is 19.8. The van der Waals surface area contributed by atoms with Crippen LogP contribution in [0, 0.1) is 0 Å². The molecule has 0 saturated carbocycles. The molecule has 1 amide bonds. The number of anilines is 2. The number of methoxy groups -OCH3 is 1. The van der Waals surface area contributed by atoms with Gasteiger partial charge in [-0.2, -0.15) is 0 Å². The summed E-state index contributed by atoms with van der Waals surface area (Å²) >= 11 is 0. The first kappa shape index (κ1) is 20.0. The van der Waals surface area contributed by atoms with Crippen LogP contribution in [-0.4, -0.2) is 57.2 Å². The standard InChI is InChI=1S/C22H29N3O3/c1-18(26)23-19-7-9-21(10-8-19)28-16-4-11-24-12-14-25(15-13-24)20-5-3-6-22(17-20)27-2/h3,5-10,17H,4,11-16H2,1-2H3,(H,23,26). The van der Waals surface area contributed by atoms with E-state index in [1.807, 2.05) is 36.4 Å². The summed E-state index contributed by atoms with van der Waals surface area (Å²) < 4.78 is 11.1. The van der Waals surface area contributed by atoms with Crippen LogP contribution in [-0.2, 0) is 4.79 Å². The van der Waals surface area contributed by atoms with Gasteiger partial charge in [0.15, 0.2) is 0 Å². The molecule has 1 heterocycles. The fraction of sp³-hybridized carbons (Fsp3) is 0.409. The minimum Gasteiger partial charge on any atom is -0.497 e. The van der Waals surface area contributed by atoms with Gasteiger partial charge in [-0.25, -0.2) is 0 Å². The Bertz CT molecular complexity index is 756. The molecule has 2 aromatic carbocycles. The Morgan fingerprint density at radius 1 is 1.04 bits per heavy atom. The second kappa shape index (κ2) is 9.99. The lowest BCUT2D eigenvalue weighted by Gasteiger charge is -2.36. The summed E-state index contributed by atoms with van der Waals surface area (Å²) in [5.41, 5.74) is 2.01. The van der Waals surface area contributed by atoms with E-state index in [4.69, 9.17) is 9.47 Å². The molecule has 1 aliphatic rings. The Morgan fingerprint density at radius 2 is 1.79 bits per heavy atom. The van der Waals surface area contributed by atoms with Gasteiger partial charge in [-0.1, -0.05) is 6.07 Å². The largest absolute Gasteiger partial charge is 0.497 e. The number of piperazine rings is 1. The van der Waals surface area contributed by atoms with Crippen molar-refractivity contribution < 1.29 is 14.3 Å². The van der Waals surface area contributed by atoms with Crippen LogP contribution in [0.15, 0.2) is 48.5 Å². The fourth-order valence-electron chi connectivity index (χ4n) is 3.35. The van der Waals surface area contributed by atoms with Gasteiger partial charge in [0.1, 0.15) is 11.5 Å². The Morgan fingerprint density at radius 3 is 2.46 bits per heavy atom. The first-order valence-corrected chi connectivity index (χ1v) is 9.76. The van der Waals surface area contributed by atoms with Gasteiger partial charge in [-0.3, -0.25) is 9.69 Å². The summed E-state index contributed by atoms with van der Waals surface area (Å²) in [6.45, 7) is 7.40. The molecule has 0 bridgehead atoms. The van der Waals surface area contributed by atoms with E-state index < -0.39 is 0 Å². The van der Waals surface area contributed by atoms with Crippen molar-refractivity contribution in [3.63, 3.8) is 0 Å². The molecule has 0 atom stereocenters. The maximum Gasteiger partial charge on any atom is 0.221 e. The second-order valence-electron chi connectivity index (χ2n) is 6.94. The van der Waals surface area contributed by atoms with Crippen molar-refractivity contribution in [1.29, 1.82) is 0 Å². The molecule has 3 rings (SSSR count). The average Bonchev–Trinajstić information content (AvgIpc) is 2.72. The highest BCUT2D eigenvalue weighted by molar-refractivity contribution is 5.88. The van der Waals surface area contributed by atoms with Crippen molar-refractivity contribution in [3.05, 3.63) is 48.5 Å². The van der Waals surface area contributed by atoms with Gasteiger partial charge in [0.25, 0.3) is 0 Å². The molecule has 150 valence electrons. The fourth-order valence-corrected chi connectivity index (χ4v) is 3.35. The van der Waals surface area contributed by atoms with Gasteiger partial charge < -0.3 is 19.7 Å². The minimum absolute atomic E-state index is 0.0693. The van der Waals surface area contributed by atoms with Crippen LogP contribution < -0.4 is 19.7 Å². The third-order valence-electron chi connectivity index (χ3n) is 4.85. The number of carbonyl (C=O) groups is 1. The molecule has 1 N–H and O–H groups in total. The summed E-state index contributed by atoms with van der Waals surface area (Å²) in [6, 6.07) is 15.7. The van der Waals surface area contributed by atoms with E-state index in [-0.39, 0.29) is 5.91 Å². The average molecular weight is 383 g/mol. The van der Waals surface area contributed by atoms with Gasteiger partial charge >= 0.3 is 0 Å². The van der Waals surface area contributed by atoms with Crippen molar-refractivity contribution in [2.45, 2.75) is 13.3 Å². The first-order valence-electron chi connectivity index (χ1n) is 9.76. The van der Waals surface area contributed by atoms with Crippen LogP contribution in [0.1, 0.15) is 13.3 Å². The van der Waals surface area contributed by atoms with E-state index in [1.54, 1.807) is 7.11 Å². The molecule has 0 aliphatic carbocycles. The number of ether oxygens (including phenoxy) is 2. The van der Waals surface area contributed by atoms with Crippen LogP contribution in [0.4, 0.5) is 11.4 Å². The highest BCUT2D eigenvalue weighted by Crippen LogP contribution is 2.22. The summed E-state index contributed by atoms with van der Waals surface area (Å²) in [5, 5.41) is 2.75. The quantitative estimate of drug-likeness (QED) is 0.709. The number of amides is 1. The predicted octanol–water partition coefficient (Wildman–Crippen LogP) is 3.24. The predicted molar refractivity (Wildman–Crippen MR) is 113 cm³/mol. The molecule has 2 aromatic rings. The number of rotatable bonds is 8. The van der Waals surface area contributed by atoms with E-state index in [0.717, 1.165) is 56.3 Å². The zero-order valence-corrected chi connectivity index (χ0v) is 16.7. The highest BCUT2D eigenvalue weighted by atomic mass is 16.5. The first-order chi connectivity index (χ1) is 13.6. The molecule has 1 fully saturated rings. The highest BCUT2D eigenvalue weighted by Gasteiger charge is 2.17. The summed E-state index contributed by atoms with van der Waals surface area (Å²) in [5.74, 6) is 1.67. The number of nitrogens with one attached hydrogen (secondary N) is 1. The van der Waals surface area contributed by atoms with E-state index in [0.29, 0.717) is 6.61 Å². The van der Waals surface area contributed by atoms with Crippen LogP contribution in [0.5, 0.6) is 11.5 Å². The van der Waals surface area contributed by atoms with Crippen molar-refractivity contribution in [1.82, 2.24) is 4.90 Å². The molecule has 0 spiro atoms. The molecular weight excluding hydrogens is 354 g/mol. The van der Waals surface area contributed by atoms with Crippen LogP contribution in [0.3, 0.4) is 0 Å². The van der Waals surface area contributed by atoms with Gasteiger partial charge in [0.2, 0.25) is 5.91 Å². The van der Waals surface area contributed by atoms with Crippen molar-refractivity contribution in [2.24, 2.45) is 0 Å². The molecule has 28 heavy (non-hydrogen) atoms. The van der Waals surface area contributed by atoms with Gasteiger partial charge in [-0.15, -0.1) is 0 Å². The normalized spacial score (nSPS) is 14.6. The molecule has 1 aliphatic heterocycles. The van der Waals surface area contributed by atoms with Crippen LogP contribution in [0.25, 0.3) is 0 Å². The summed E-state index contributed by atoms with van der Waals surface area (Å²) in [6.07, 6.45) is 0.993. The topological polar surface area (TPSA) is 54.0 Å². The number of hydrogen-bond donors (Lipinski definition) is 1. The molecular formula is C22H29N3O3. The summed E-state index contributed by atoms with van der Waals surface area (Å²) in [4.78, 5) is 15.9. The third-order valence-corrected chi connectivity index (χ3v) is 4.85. The molecule has 6 nitrogen and oxygen atoms in total. The maximum absolute atomic E-state index is 11.0. The Hall–Kier alpha value is -2.73. The number of hydrogen-bond acceptors (Lipinski definition) is 5. The lowest BCUT2D eigenvalue weighted by atomic mass is 10.2. The van der Waals surface area contributed by atoms with Crippen molar-refractivity contribution in [2.75, 3.05) is 56.7 Å². The van der Waals surface area contributed by atoms with Crippen molar-refractivity contribution >= 4 is 17.3 Å². The maximum atomic E-state index is 11.0. The van der Waals surface area contributed by atoms with E-state index in [9.17, 15) is 4.79 Å². The number of nitrogens with zero attached hydrogens (tertiary/aromatic N) is 2. The Labute approximate surface area is 167 Å². The van der Waals surface area contributed by atoms with E-state index in [1.165, 1.54) is 12.6 Å². The van der Waals surface area contributed by atoms with E-state index >= 15 is 0 Å². The number of benzene rings is 2. The molecule has 6 heteroatoms. The van der Waals surface area contributed by atoms with Crippen molar-refractivity contribution in [3.8, 4) is 11.5 Å². The zero-order valence-electron chi connectivity index (χ0n) is 16.7. The molecule has 0 radical (unpaired) electrons. The van der Waals surface area contributed by atoms with E-state index in [2.05, 4.69) is 27.2 Å². The molecule has 0 aromatic heterocycles.